The van der Waals surface area contributed by atoms with Gasteiger partial charge in [0.2, 0.25) is 0 Å². The minimum atomic E-state index is -0.176. The molecule has 6 heteroatoms. The molecule has 0 bridgehead atoms. The van der Waals surface area contributed by atoms with Gasteiger partial charge in [0.1, 0.15) is 5.82 Å². The number of nitrogens with one attached hydrogen (secondary N) is 1. The Morgan fingerprint density at radius 1 is 1.44 bits per heavy atom. The molecule has 3 N–H and O–H groups in total. The number of methoxy groups -OCH3 is 1. The fraction of sp³-hybridized carbons (Fsp3) is 0.600. The third kappa shape index (κ3) is 4.09. The van der Waals surface area contributed by atoms with Crippen LogP contribution in [0.1, 0.15) is 11.4 Å². The van der Waals surface area contributed by atoms with Crippen molar-refractivity contribution in [3.8, 4) is 0 Å². The molecule has 0 spiro atoms. The molecule has 0 aliphatic rings. The van der Waals surface area contributed by atoms with Crippen LogP contribution in [0.25, 0.3) is 0 Å². The van der Waals surface area contributed by atoms with Crippen LogP contribution in [-0.4, -0.2) is 36.9 Å². The summed E-state index contributed by atoms with van der Waals surface area (Å²) < 4.78 is 10.1. The summed E-state index contributed by atoms with van der Waals surface area (Å²) in [6.07, 6.45) is 2.08. The maximum absolute atomic E-state index is 11.4. The standard InChI is InChI=1S/C10H17N3O3/c1-15-4-5-16-3-2-9-12-7-8(6-11)10(14)13-9/h7H,2-6,11H2,1H3,(H,12,13,14). The fourth-order valence-corrected chi connectivity index (χ4v) is 1.14. The zero-order chi connectivity index (χ0) is 11.8. The van der Waals surface area contributed by atoms with Gasteiger partial charge in [0.25, 0.3) is 5.56 Å². The molecule has 0 fully saturated rings. The van der Waals surface area contributed by atoms with Crippen molar-refractivity contribution in [2.24, 2.45) is 5.73 Å². The lowest BCUT2D eigenvalue weighted by Crippen LogP contribution is -2.19. The van der Waals surface area contributed by atoms with Gasteiger partial charge in [-0.1, -0.05) is 0 Å². The molecule has 0 atom stereocenters. The van der Waals surface area contributed by atoms with E-state index in [1.165, 1.54) is 6.20 Å². The molecule has 1 rings (SSSR count). The molecule has 0 radical (unpaired) electrons. The average molecular weight is 227 g/mol. The van der Waals surface area contributed by atoms with Crippen molar-refractivity contribution in [3.05, 3.63) is 27.9 Å². The molecule has 6 nitrogen and oxygen atoms in total. The van der Waals surface area contributed by atoms with E-state index in [2.05, 4.69) is 9.97 Å². The molecule has 1 heterocycles. The number of aromatic amines is 1. The third-order valence-electron chi connectivity index (χ3n) is 2.06. The summed E-state index contributed by atoms with van der Waals surface area (Å²) in [5.74, 6) is 0.611. The number of aromatic nitrogens is 2. The monoisotopic (exact) mass is 227 g/mol. The number of rotatable bonds is 7. The summed E-state index contributed by atoms with van der Waals surface area (Å²) in [6, 6.07) is 0. The maximum atomic E-state index is 11.4. The Bertz CT molecular complexity index is 365. The van der Waals surface area contributed by atoms with Gasteiger partial charge in [-0.2, -0.15) is 0 Å². The predicted octanol–water partition coefficient (Wildman–Crippen LogP) is -0.566. The quantitative estimate of drug-likeness (QED) is 0.609. The molecule has 90 valence electrons. The third-order valence-corrected chi connectivity index (χ3v) is 2.06. The van der Waals surface area contributed by atoms with Gasteiger partial charge in [-0.05, 0) is 0 Å². The molecule has 0 aromatic carbocycles. The van der Waals surface area contributed by atoms with Gasteiger partial charge in [-0.15, -0.1) is 0 Å². The summed E-state index contributed by atoms with van der Waals surface area (Å²) in [5, 5.41) is 0. The minimum Gasteiger partial charge on any atom is -0.382 e. The molecule has 1 aromatic heterocycles. The van der Waals surface area contributed by atoms with Crippen LogP contribution in [0.4, 0.5) is 0 Å². The summed E-state index contributed by atoms with van der Waals surface area (Å²) >= 11 is 0. The van der Waals surface area contributed by atoms with Crippen LogP contribution in [0.2, 0.25) is 0 Å². The molecule has 0 aliphatic carbocycles. The van der Waals surface area contributed by atoms with E-state index in [1.807, 2.05) is 0 Å². The lowest BCUT2D eigenvalue weighted by molar-refractivity contribution is 0.0716. The van der Waals surface area contributed by atoms with Crippen molar-refractivity contribution < 1.29 is 9.47 Å². The summed E-state index contributed by atoms with van der Waals surface area (Å²) in [7, 11) is 1.62. The molecular weight excluding hydrogens is 210 g/mol. The van der Waals surface area contributed by atoms with Crippen LogP contribution in [0.15, 0.2) is 11.0 Å². The van der Waals surface area contributed by atoms with Gasteiger partial charge in [0.05, 0.1) is 19.8 Å². The van der Waals surface area contributed by atoms with Gasteiger partial charge in [0.15, 0.2) is 0 Å². The van der Waals surface area contributed by atoms with Crippen LogP contribution in [0, 0.1) is 0 Å². The van der Waals surface area contributed by atoms with E-state index in [4.69, 9.17) is 15.2 Å². The number of nitrogens with zero attached hydrogens (tertiary/aromatic N) is 1. The number of hydrogen-bond donors (Lipinski definition) is 2. The Morgan fingerprint density at radius 3 is 2.88 bits per heavy atom. The van der Waals surface area contributed by atoms with Crippen molar-refractivity contribution >= 4 is 0 Å². The number of hydrogen-bond acceptors (Lipinski definition) is 5. The topological polar surface area (TPSA) is 90.2 Å². The molecule has 0 amide bonds. The zero-order valence-corrected chi connectivity index (χ0v) is 9.36. The van der Waals surface area contributed by atoms with Crippen LogP contribution in [0.5, 0.6) is 0 Å². The second kappa shape index (κ2) is 7.10. The first-order chi connectivity index (χ1) is 7.77. The van der Waals surface area contributed by atoms with E-state index in [9.17, 15) is 4.79 Å². The number of H-pyrrole nitrogens is 1. The highest BCUT2D eigenvalue weighted by molar-refractivity contribution is 5.05. The summed E-state index contributed by atoms with van der Waals surface area (Å²) in [6.45, 7) is 1.82. The first-order valence-corrected chi connectivity index (χ1v) is 5.11. The Kier molecular flexibility index (Phi) is 5.69. The van der Waals surface area contributed by atoms with E-state index < -0.39 is 0 Å². The van der Waals surface area contributed by atoms with Crippen molar-refractivity contribution in [1.82, 2.24) is 9.97 Å². The van der Waals surface area contributed by atoms with Crippen LogP contribution in [0.3, 0.4) is 0 Å². The highest BCUT2D eigenvalue weighted by Gasteiger charge is 2.00. The summed E-state index contributed by atoms with van der Waals surface area (Å²) in [5.41, 5.74) is 5.67. The normalized spacial score (nSPS) is 10.6. The van der Waals surface area contributed by atoms with Crippen molar-refractivity contribution in [2.45, 2.75) is 13.0 Å². The Labute approximate surface area is 93.8 Å². The Morgan fingerprint density at radius 2 is 2.25 bits per heavy atom. The molecule has 0 aliphatic heterocycles. The smallest absolute Gasteiger partial charge is 0.255 e. The molecule has 0 saturated carbocycles. The SMILES string of the molecule is COCCOCCc1ncc(CN)c(=O)[nH]1. The highest BCUT2D eigenvalue weighted by Crippen LogP contribution is 1.91. The average Bonchev–Trinajstić information content (AvgIpc) is 2.29. The molecule has 0 unspecified atom stereocenters. The van der Waals surface area contributed by atoms with Crippen molar-refractivity contribution in [2.75, 3.05) is 26.9 Å². The van der Waals surface area contributed by atoms with Crippen LogP contribution >= 0.6 is 0 Å². The minimum absolute atomic E-state index is 0.176. The maximum Gasteiger partial charge on any atom is 0.255 e. The second-order valence-electron chi connectivity index (χ2n) is 3.24. The highest BCUT2D eigenvalue weighted by atomic mass is 16.5. The lowest BCUT2D eigenvalue weighted by Gasteiger charge is -2.03. The first-order valence-electron chi connectivity index (χ1n) is 5.11. The van der Waals surface area contributed by atoms with Gasteiger partial charge in [0, 0.05) is 31.8 Å². The lowest BCUT2D eigenvalue weighted by atomic mass is 10.3. The van der Waals surface area contributed by atoms with Crippen molar-refractivity contribution in [3.63, 3.8) is 0 Å². The summed E-state index contributed by atoms with van der Waals surface area (Å²) in [4.78, 5) is 18.1. The predicted molar refractivity (Wildman–Crippen MR) is 59.1 cm³/mol. The van der Waals surface area contributed by atoms with E-state index in [-0.39, 0.29) is 12.1 Å². The number of nitrogens with two attached hydrogens (primary N) is 1. The van der Waals surface area contributed by atoms with Crippen molar-refractivity contribution in [1.29, 1.82) is 0 Å². The molecule has 0 saturated heterocycles. The van der Waals surface area contributed by atoms with E-state index in [0.29, 0.717) is 37.6 Å². The fourth-order valence-electron chi connectivity index (χ4n) is 1.14. The largest absolute Gasteiger partial charge is 0.382 e. The molecule has 16 heavy (non-hydrogen) atoms. The second-order valence-corrected chi connectivity index (χ2v) is 3.24. The van der Waals surface area contributed by atoms with Gasteiger partial charge >= 0.3 is 0 Å². The Balaban J connectivity index is 2.37. The van der Waals surface area contributed by atoms with E-state index in [1.54, 1.807) is 7.11 Å². The van der Waals surface area contributed by atoms with E-state index in [0.717, 1.165) is 0 Å². The molecular formula is C10H17N3O3. The molecule has 1 aromatic rings. The first kappa shape index (κ1) is 12.8. The Hall–Kier alpha value is -1.24. The van der Waals surface area contributed by atoms with Crippen LogP contribution in [-0.2, 0) is 22.4 Å². The van der Waals surface area contributed by atoms with Gasteiger partial charge in [-0.25, -0.2) is 4.98 Å². The van der Waals surface area contributed by atoms with E-state index >= 15 is 0 Å². The zero-order valence-electron chi connectivity index (χ0n) is 9.36. The number of ether oxygens (including phenoxy) is 2. The van der Waals surface area contributed by atoms with Gasteiger partial charge in [-0.3, -0.25) is 4.79 Å². The van der Waals surface area contributed by atoms with Crippen LogP contribution < -0.4 is 11.3 Å². The van der Waals surface area contributed by atoms with Gasteiger partial charge < -0.3 is 20.2 Å².